The first kappa shape index (κ1) is 26.1. The van der Waals surface area contributed by atoms with Gasteiger partial charge in [-0.05, 0) is 70.4 Å². The minimum Gasteiger partial charge on any atom is -0.460 e. The third kappa shape index (κ3) is 6.62. The van der Waals surface area contributed by atoms with Crippen molar-refractivity contribution in [3.63, 3.8) is 0 Å². The van der Waals surface area contributed by atoms with E-state index in [2.05, 4.69) is 15.2 Å². The van der Waals surface area contributed by atoms with Crippen LogP contribution < -0.4 is 10.2 Å². The van der Waals surface area contributed by atoms with Crippen LogP contribution in [0, 0.1) is 11.8 Å². The lowest BCUT2D eigenvalue weighted by molar-refractivity contribution is -0.162. The van der Waals surface area contributed by atoms with Crippen LogP contribution in [0.1, 0.15) is 77.2 Å². The Morgan fingerprint density at radius 3 is 2.31 bits per heavy atom. The Labute approximate surface area is 212 Å². The normalized spacial score (nSPS) is 22.4. The third-order valence-electron chi connectivity index (χ3n) is 7.40. The van der Waals surface area contributed by atoms with Gasteiger partial charge in [-0.25, -0.2) is 4.98 Å². The second-order valence-corrected chi connectivity index (χ2v) is 11.3. The maximum absolute atomic E-state index is 12.9. The average molecular weight is 499 g/mol. The van der Waals surface area contributed by atoms with E-state index in [9.17, 15) is 19.2 Å². The topological polar surface area (TPSA) is 109 Å². The van der Waals surface area contributed by atoms with Crippen LogP contribution in [0.4, 0.5) is 5.82 Å². The van der Waals surface area contributed by atoms with Crippen LogP contribution in [0.5, 0.6) is 0 Å². The summed E-state index contributed by atoms with van der Waals surface area (Å²) in [6.45, 7) is 8.53. The Morgan fingerprint density at radius 1 is 1.03 bits per heavy atom. The van der Waals surface area contributed by atoms with Gasteiger partial charge in [-0.3, -0.25) is 24.5 Å². The number of nitrogens with one attached hydrogen (secondary N) is 1. The molecule has 3 aliphatic rings. The van der Waals surface area contributed by atoms with Gasteiger partial charge in [0.05, 0.1) is 11.8 Å². The van der Waals surface area contributed by atoms with Crippen LogP contribution in [0.15, 0.2) is 18.3 Å². The second-order valence-electron chi connectivity index (χ2n) is 11.3. The lowest BCUT2D eigenvalue weighted by Gasteiger charge is -2.35. The molecule has 1 aromatic rings. The summed E-state index contributed by atoms with van der Waals surface area (Å²) < 4.78 is 5.50. The van der Waals surface area contributed by atoms with Crippen LogP contribution in [0.25, 0.3) is 0 Å². The minimum atomic E-state index is -0.482. The monoisotopic (exact) mass is 498 g/mol. The number of amides is 3. The van der Waals surface area contributed by atoms with Gasteiger partial charge < -0.3 is 14.5 Å². The molecule has 196 valence electrons. The van der Waals surface area contributed by atoms with Crippen molar-refractivity contribution in [1.82, 2.24) is 15.2 Å². The third-order valence-corrected chi connectivity index (χ3v) is 7.40. The molecule has 0 aliphatic carbocycles. The lowest BCUT2D eigenvalue weighted by atomic mass is 9.91. The van der Waals surface area contributed by atoms with Crippen molar-refractivity contribution in [3.05, 3.63) is 23.9 Å². The van der Waals surface area contributed by atoms with Crippen molar-refractivity contribution >= 4 is 29.5 Å². The number of rotatable bonds is 5. The lowest BCUT2D eigenvalue weighted by Crippen LogP contribution is -2.43. The Balaban J connectivity index is 1.20. The van der Waals surface area contributed by atoms with Gasteiger partial charge in [-0.1, -0.05) is 6.07 Å². The van der Waals surface area contributed by atoms with Crippen molar-refractivity contribution in [3.8, 4) is 0 Å². The number of imide groups is 1. The molecule has 0 spiro atoms. The molecular weight excluding hydrogens is 460 g/mol. The molecule has 1 N–H and O–H groups in total. The molecule has 0 saturated carbocycles. The molecule has 0 radical (unpaired) electrons. The predicted molar refractivity (Wildman–Crippen MR) is 134 cm³/mol. The van der Waals surface area contributed by atoms with Crippen LogP contribution in [0.3, 0.4) is 0 Å². The zero-order valence-electron chi connectivity index (χ0n) is 21.6. The second kappa shape index (κ2) is 11.0. The van der Waals surface area contributed by atoms with E-state index >= 15 is 0 Å². The molecule has 3 amide bonds. The molecule has 4 heterocycles. The van der Waals surface area contributed by atoms with Crippen molar-refractivity contribution in [1.29, 1.82) is 0 Å². The average Bonchev–Trinajstić information content (AvgIpc) is 2.84. The van der Waals surface area contributed by atoms with Gasteiger partial charge in [0.15, 0.2) is 0 Å². The molecule has 0 aromatic carbocycles. The Kier molecular flexibility index (Phi) is 7.95. The molecule has 1 unspecified atom stereocenters. The fourth-order valence-electron chi connectivity index (χ4n) is 5.29. The number of ether oxygens (including phenoxy) is 1. The van der Waals surface area contributed by atoms with Gasteiger partial charge in [-0.15, -0.1) is 0 Å². The largest absolute Gasteiger partial charge is 0.460 e. The van der Waals surface area contributed by atoms with E-state index in [0.717, 1.165) is 37.3 Å². The zero-order valence-corrected chi connectivity index (χ0v) is 21.6. The van der Waals surface area contributed by atoms with Crippen LogP contribution >= 0.6 is 0 Å². The highest BCUT2D eigenvalue weighted by Gasteiger charge is 2.32. The number of likely N-dealkylation sites (tertiary alicyclic amines) is 1. The van der Waals surface area contributed by atoms with E-state index in [4.69, 9.17) is 4.74 Å². The molecule has 1 aromatic heterocycles. The molecule has 4 rings (SSSR count). The molecule has 1 atom stereocenters. The maximum Gasteiger partial charge on any atom is 0.309 e. The SMILES string of the molecule is CC(C)(C)OC(=O)C1CCN(C(=O)CC2CCN(c3ccc(C4CCC(=O)NC4=O)cn3)CC2)CC1. The summed E-state index contributed by atoms with van der Waals surface area (Å²) in [7, 11) is 0. The fourth-order valence-corrected chi connectivity index (χ4v) is 5.29. The first-order chi connectivity index (χ1) is 17.1. The molecule has 3 fully saturated rings. The number of carbonyl (C=O) groups excluding carboxylic acids is 4. The fraction of sp³-hybridized carbons (Fsp3) is 0.667. The molecular formula is C27H38N4O5. The smallest absolute Gasteiger partial charge is 0.309 e. The van der Waals surface area contributed by atoms with Crippen molar-refractivity contribution in [2.45, 2.75) is 77.2 Å². The number of piperidine rings is 3. The molecule has 3 saturated heterocycles. The van der Waals surface area contributed by atoms with Crippen molar-refractivity contribution in [2.75, 3.05) is 31.1 Å². The standard InChI is InChI=1S/C27H38N4O5/c1-27(2,3)36-26(35)19-10-14-31(15-11-19)24(33)16-18-8-12-30(13-9-18)22-6-4-20(17-28-22)21-5-7-23(32)29-25(21)34/h4,6,17-19,21H,5,7-16H2,1-3H3,(H,29,32,34). The van der Waals surface area contributed by atoms with E-state index in [1.165, 1.54) is 0 Å². The van der Waals surface area contributed by atoms with Crippen molar-refractivity contribution < 1.29 is 23.9 Å². The quantitative estimate of drug-likeness (QED) is 0.491. The summed E-state index contributed by atoms with van der Waals surface area (Å²) in [6.07, 6.45) is 6.35. The summed E-state index contributed by atoms with van der Waals surface area (Å²) in [5, 5.41) is 2.40. The number of pyridine rings is 1. The van der Waals surface area contributed by atoms with E-state index in [1.54, 1.807) is 6.20 Å². The van der Waals surface area contributed by atoms with Gasteiger partial charge in [0.25, 0.3) is 0 Å². The van der Waals surface area contributed by atoms with E-state index < -0.39 is 5.60 Å². The molecule has 0 bridgehead atoms. The molecule has 3 aliphatic heterocycles. The van der Waals surface area contributed by atoms with Crippen LogP contribution in [0.2, 0.25) is 0 Å². The summed E-state index contributed by atoms with van der Waals surface area (Å²) in [5.74, 6) is 0.344. The number of hydrogen-bond donors (Lipinski definition) is 1. The number of anilines is 1. The highest BCUT2D eigenvalue weighted by molar-refractivity contribution is 6.00. The summed E-state index contributed by atoms with van der Waals surface area (Å²) in [4.78, 5) is 57.4. The number of carbonyl (C=O) groups is 4. The number of esters is 1. The van der Waals surface area contributed by atoms with Gasteiger partial charge in [0.1, 0.15) is 11.4 Å². The summed E-state index contributed by atoms with van der Waals surface area (Å²) >= 11 is 0. The van der Waals surface area contributed by atoms with Gasteiger partial charge >= 0.3 is 5.97 Å². The van der Waals surface area contributed by atoms with Crippen LogP contribution in [-0.2, 0) is 23.9 Å². The number of hydrogen-bond acceptors (Lipinski definition) is 7. The molecule has 36 heavy (non-hydrogen) atoms. The van der Waals surface area contributed by atoms with Crippen molar-refractivity contribution in [2.24, 2.45) is 11.8 Å². The van der Waals surface area contributed by atoms with E-state index in [1.807, 2.05) is 37.8 Å². The molecule has 9 nitrogen and oxygen atoms in total. The van der Waals surface area contributed by atoms with E-state index in [0.29, 0.717) is 51.1 Å². The summed E-state index contributed by atoms with van der Waals surface area (Å²) in [6, 6.07) is 3.87. The number of aromatic nitrogens is 1. The summed E-state index contributed by atoms with van der Waals surface area (Å²) in [5.41, 5.74) is 0.351. The maximum atomic E-state index is 12.9. The highest BCUT2D eigenvalue weighted by Crippen LogP contribution is 2.29. The van der Waals surface area contributed by atoms with Gasteiger partial charge in [0, 0.05) is 45.2 Å². The van der Waals surface area contributed by atoms with E-state index in [-0.39, 0.29) is 35.5 Å². The minimum absolute atomic E-state index is 0.120. The Bertz CT molecular complexity index is 971. The predicted octanol–water partition coefficient (Wildman–Crippen LogP) is 2.79. The number of nitrogens with zero attached hydrogens (tertiary/aromatic N) is 3. The highest BCUT2D eigenvalue weighted by atomic mass is 16.6. The molecule has 9 heteroatoms. The first-order valence-electron chi connectivity index (χ1n) is 13.1. The van der Waals surface area contributed by atoms with Gasteiger partial charge in [-0.2, -0.15) is 0 Å². The zero-order chi connectivity index (χ0) is 25.9. The Hall–Kier alpha value is -2.97. The first-order valence-corrected chi connectivity index (χ1v) is 13.1. The Morgan fingerprint density at radius 2 is 1.72 bits per heavy atom. The van der Waals surface area contributed by atoms with Gasteiger partial charge in [0.2, 0.25) is 17.7 Å². The van der Waals surface area contributed by atoms with Crippen LogP contribution in [-0.4, -0.2) is 65.4 Å².